The zero-order valence-corrected chi connectivity index (χ0v) is 20.3. The lowest BCUT2D eigenvalue weighted by Gasteiger charge is -2.35. The minimum atomic E-state index is -0.219. The Hall–Kier alpha value is -1.23. The molecule has 0 aromatic heterocycles. The number of nitrogens with one attached hydrogen (secondary N) is 2. The van der Waals surface area contributed by atoms with E-state index < -0.39 is 0 Å². The van der Waals surface area contributed by atoms with Crippen LogP contribution in [0.15, 0.2) is 58.0 Å². The first kappa shape index (κ1) is 24.0. The molecule has 2 aromatic rings. The average molecular weight is 577 g/mol. The van der Waals surface area contributed by atoms with Gasteiger partial charge < -0.3 is 15.4 Å². The SMILES string of the molecule is CN=C(NCc1cccc(Br)c1)NCC(c1ccc(F)cc1)N1CCOCC1.I. The highest BCUT2D eigenvalue weighted by molar-refractivity contribution is 14.0. The van der Waals surface area contributed by atoms with Gasteiger partial charge in [0.1, 0.15) is 5.82 Å². The molecule has 0 bridgehead atoms. The van der Waals surface area contributed by atoms with E-state index in [-0.39, 0.29) is 35.8 Å². The molecule has 1 saturated heterocycles. The van der Waals surface area contributed by atoms with Gasteiger partial charge in [0, 0.05) is 37.7 Å². The van der Waals surface area contributed by atoms with Crippen molar-refractivity contribution in [2.45, 2.75) is 12.6 Å². The lowest BCUT2D eigenvalue weighted by atomic mass is 10.0. The van der Waals surface area contributed by atoms with Crippen LogP contribution in [0.3, 0.4) is 0 Å². The van der Waals surface area contributed by atoms with Gasteiger partial charge in [-0.3, -0.25) is 9.89 Å². The monoisotopic (exact) mass is 576 g/mol. The molecule has 1 unspecified atom stereocenters. The topological polar surface area (TPSA) is 48.9 Å². The first-order valence-electron chi connectivity index (χ1n) is 9.42. The summed E-state index contributed by atoms with van der Waals surface area (Å²) in [6.07, 6.45) is 0. The molecule has 0 amide bonds. The van der Waals surface area contributed by atoms with Crippen LogP contribution in [0, 0.1) is 5.82 Å². The zero-order valence-electron chi connectivity index (χ0n) is 16.4. The molecule has 8 heteroatoms. The number of benzene rings is 2. The van der Waals surface area contributed by atoms with Gasteiger partial charge in [-0.05, 0) is 35.4 Å². The van der Waals surface area contributed by atoms with Crippen molar-refractivity contribution in [3.8, 4) is 0 Å². The van der Waals surface area contributed by atoms with Gasteiger partial charge in [-0.15, -0.1) is 24.0 Å². The fourth-order valence-corrected chi connectivity index (χ4v) is 3.73. The molecule has 5 nitrogen and oxygen atoms in total. The summed E-state index contributed by atoms with van der Waals surface area (Å²) in [5.41, 5.74) is 2.25. The normalized spacial score (nSPS) is 16.0. The van der Waals surface area contributed by atoms with Crippen LogP contribution < -0.4 is 10.6 Å². The number of aliphatic imine (C=N–C) groups is 1. The van der Waals surface area contributed by atoms with E-state index in [0.717, 1.165) is 29.1 Å². The van der Waals surface area contributed by atoms with Gasteiger partial charge in [0.2, 0.25) is 0 Å². The number of rotatable bonds is 6. The van der Waals surface area contributed by atoms with Crippen LogP contribution in [0.5, 0.6) is 0 Å². The molecule has 0 saturated carbocycles. The highest BCUT2D eigenvalue weighted by Gasteiger charge is 2.23. The first-order valence-corrected chi connectivity index (χ1v) is 10.2. The molecule has 158 valence electrons. The highest BCUT2D eigenvalue weighted by Crippen LogP contribution is 2.21. The molecule has 2 aromatic carbocycles. The van der Waals surface area contributed by atoms with Crippen molar-refractivity contribution in [1.29, 1.82) is 0 Å². The van der Waals surface area contributed by atoms with Crippen LogP contribution in [-0.2, 0) is 11.3 Å². The van der Waals surface area contributed by atoms with Gasteiger partial charge in [-0.25, -0.2) is 4.39 Å². The van der Waals surface area contributed by atoms with E-state index in [4.69, 9.17) is 4.74 Å². The van der Waals surface area contributed by atoms with Crippen LogP contribution in [0.25, 0.3) is 0 Å². The molecule has 0 spiro atoms. The number of hydrogen-bond acceptors (Lipinski definition) is 3. The lowest BCUT2D eigenvalue weighted by Crippen LogP contribution is -2.46. The van der Waals surface area contributed by atoms with Crippen LogP contribution in [0.2, 0.25) is 0 Å². The lowest BCUT2D eigenvalue weighted by molar-refractivity contribution is 0.0170. The van der Waals surface area contributed by atoms with Crippen molar-refractivity contribution in [2.24, 2.45) is 4.99 Å². The summed E-state index contributed by atoms with van der Waals surface area (Å²) in [7, 11) is 1.76. The second-order valence-corrected chi connectivity index (χ2v) is 7.57. The number of hydrogen-bond donors (Lipinski definition) is 2. The summed E-state index contributed by atoms with van der Waals surface area (Å²) in [5.74, 6) is 0.518. The molecule has 2 N–H and O–H groups in total. The second kappa shape index (κ2) is 12.5. The van der Waals surface area contributed by atoms with E-state index in [2.05, 4.69) is 48.6 Å². The third-order valence-corrected chi connectivity index (χ3v) is 5.27. The number of ether oxygens (including phenoxy) is 1. The van der Waals surface area contributed by atoms with Gasteiger partial charge in [0.15, 0.2) is 5.96 Å². The van der Waals surface area contributed by atoms with Gasteiger partial charge in [-0.2, -0.15) is 0 Å². The highest BCUT2D eigenvalue weighted by atomic mass is 127. The van der Waals surface area contributed by atoms with Crippen molar-refractivity contribution < 1.29 is 9.13 Å². The Bertz CT molecular complexity index is 785. The molecule has 1 aliphatic heterocycles. The third kappa shape index (κ3) is 7.51. The van der Waals surface area contributed by atoms with Crippen LogP contribution in [0.1, 0.15) is 17.2 Å². The quantitative estimate of drug-likeness (QED) is 0.311. The second-order valence-electron chi connectivity index (χ2n) is 6.65. The molecule has 0 radical (unpaired) electrons. The van der Waals surface area contributed by atoms with E-state index in [0.29, 0.717) is 26.3 Å². The fraction of sp³-hybridized carbons (Fsp3) is 0.381. The summed E-state index contributed by atoms with van der Waals surface area (Å²) in [6, 6.07) is 15.0. The standard InChI is InChI=1S/C21H26BrFN4O.HI/c1-24-21(25-14-16-3-2-4-18(22)13-16)26-15-20(27-9-11-28-12-10-27)17-5-7-19(23)8-6-17;/h2-8,13,20H,9-12,14-15H2,1H3,(H2,24,25,26);1H. The van der Waals surface area contributed by atoms with Gasteiger partial charge >= 0.3 is 0 Å². The number of nitrogens with zero attached hydrogens (tertiary/aromatic N) is 2. The Morgan fingerprint density at radius 2 is 1.90 bits per heavy atom. The Kier molecular flexibility index (Phi) is 10.3. The number of guanidine groups is 1. The Balaban J connectivity index is 0.00000300. The molecule has 0 aliphatic carbocycles. The molecule has 1 fully saturated rings. The van der Waals surface area contributed by atoms with Gasteiger partial charge in [0.05, 0.1) is 19.3 Å². The molecule has 1 heterocycles. The zero-order chi connectivity index (χ0) is 19.8. The van der Waals surface area contributed by atoms with Crippen LogP contribution in [-0.4, -0.2) is 50.8 Å². The van der Waals surface area contributed by atoms with Crippen molar-refractivity contribution in [3.05, 3.63) is 69.9 Å². The molecule has 3 rings (SSSR count). The minimum Gasteiger partial charge on any atom is -0.379 e. The molecule has 1 aliphatic rings. The van der Waals surface area contributed by atoms with Gasteiger partial charge in [-0.1, -0.05) is 40.2 Å². The fourth-order valence-electron chi connectivity index (χ4n) is 3.28. The summed E-state index contributed by atoms with van der Waals surface area (Å²) in [6.45, 7) is 4.49. The van der Waals surface area contributed by atoms with Crippen molar-refractivity contribution >= 4 is 45.9 Å². The van der Waals surface area contributed by atoms with Crippen molar-refractivity contribution in [3.63, 3.8) is 0 Å². The number of halogens is 3. The van der Waals surface area contributed by atoms with E-state index in [1.165, 1.54) is 17.7 Å². The molecular formula is C21H27BrFIN4O. The smallest absolute Gasteiger partial charge is 0.191 e. The van der Waals surface area contributed by atoms with Crippen molar-refractivity contribution in [1.82, 2.24) is 15.5 Å². The van der Waals surface area contributed by atoms with Gasteiger partial charge in [0.25, 0.3) is 0 Å². The Morgan fingerprint density at radius 3 is 2.55 bits per heavy atom. The maximum absolute atomic E-state index is 13.4. The molecule has 1 atom stereocenters. The van der Waals surface area contributed by atoms with E-state index in [9.17, 15) is 4.39 Å². The summed E-state index contributed by atoms with van der Waals surface area (Å²) in [5, 5.41) is 6.76. The molecule has 29 heavy (non-hydrogen) atoms. The van der Waals surface area contributed by atoms with E-state index in [1.54, 1.807) is 7.05 Å². The third-order valence-electron chi connectivity index (χ3n) is 4.78. The summed E-state index contributed by atoms with van der Waals surface area (Å²) in [4.78, 5) is 6.70. The number of morpholine rings is 1. The first-order chi connectivity index (χ1) is 13.7. The van der Waals surface area contributed by atoms with E-state index in [1.807, 2.05) is 24.3 Å². The maximum Gasteiger partial charge on any atom is 0.191 e. The summed E-state index contributed by atoms with van der Waals surface area (Å²) >= 11 is 3.49. The predicted octanol–water partition coefficient (Wildman–Crippen LogP) is 3.94. The Labute approximate surface area is 197 Å². The predicted molar refractivity (Wildman–Crippen MR) is 129 cm³/mol. The molecular weight excluding hydrogens is 550 g/mol. The Morgan fingerprint density at radius 1 is 1.17 bits per heavy atom. The van der Waals surface area contributed by atoms with Crippen molar-refractivity contribution in [2.75, 3.05) is 39.9 Å². The average Bonchev–Trinajstić information content (AvgIpc) is 2.72. The largest absolute Gasteiger partial charge is 0.379 e. The van der Waals surface area contributed by atoms with Crippen LogP contribution >= 0.6 is 39.9 Å². The summed E-state index contributed by atoms with van der Waals surface area (Å²) < 4.78 is 19.9. The van der Waals surface area contributed by atoms with E-state index >= 15 is 0 Å². The minimum absolute atomic E-state index is 0. The van der Waals surface area contributed by atoms with Crippen LogP contribution in [0.4, 0.5) is 4.39 Å². The maximum atomic E-state index is 13.4.